The molecule has 0 aliphatic rings. The van der Waals surface area contributed by atoms with Crippen molar-refractivity contribution in [3.05, 3.63) is 58.6 Å². The van der Waals surface area contributed by atoms with Crippen LogP contribution in [0.2, 0.25) is 10.0 Å². The zero-order valence-corrected chi connectivity index (χ0v) is 19.3. The molecule has 0 saturated heterocycles. The molecule has 2 aromatic carbocycles. The van der Waals surface area contributed by atoms with Gasteiger partial charge in [-0.1, -0.05) is 79.1 Å². The maximum absolute atomic E-state index is 11.9. The van der Waals surface area contributed by atoms with Crippen molar-refractivity contribution in [1.82, 2.24) is 20.1 Å². The van der Waals surface area contributed by atoms with Gasteiger partial charge in [-0.2, -0.15) is 0 Å². The van der Waals surface area contributed by atoms with E-state index < -0.39 is 0 Å². The lowest BCUT2D eigenvalue weighted by atomic mass is 10.2. The summed E-state index contributed by atoms with van der Waals surface area (Å²) in [7, 11) is 0. The van der Waals surface area contributed by atoms with E-state index in [-0.39, 0.29) is 5.91 Å². The number of carbonyl (C=O) groups is 1. The third kappa shape index (κ3) is 6.00. The maximum Gasteiger partial charge on any atom is 0.220 e. The number of nitrogens with one attached hydrogen (secondary N) is 1. The molecule has 158 valence electrons. The smallest absolute Gasteiger partial charge is 0.220 e. The molecule has 1 heterocycles. The molecule has 3 aromatic rings. The average molecular weight is 463 g/mol. The minimum absolute atomic E-state index is 0.0835. The molecule has 0 saturated carbocycles. The Morgan fingerprint density at radius 1 is 1.10 bits per heavy atom. The number of amides is 1. The Morgan fingerprint density at radius 3 is 2.57 bits per heavy atom. The Kier molecular flexibility index (Phi) is 8.19. The van der Waals surface area contributed by atoms with Crippen molar-refractivity contribution in [3.8, 4) is 17.1 Å². The van der Waals surface area contributed by atoms with Gasteiger partial charge in [0.2, 0.25) is 5.91 Å². The highest BCUT2D eigenvalue weighted by Gasteiger charge is 2.17. The van der Waals surface area contributed by atoms with Crippen molar-refractivity contribution in [2.45, 2.75) is 31.8 Å². The summed E-state index contributed by atoms with van der Waals surface area (Å²) in [6.45, 7) is 4.87. The lowest BCUT2D eigenvalue weighted by Gasteiger charge is -2.11. The summed E-state index contributed by atoms with van der Waals surface area (Å²) >= 11 is 13.9. The van der Waals surface area contributed by atoms with Crippen LogP contribution >= 0.6 is 35.0 Å². The van der Waals surface area contributed by atoms with Crippen molar-refractivity contribution in [2.75, 3.05) is 12.3 Å². The van der Waals surface area contributed by atoms with E-state index in [9.17, 15) is 4.79 Å². The number of carbonyl (C=O) groups excluding carboxylic acids is 1. The third-order valence-corrected chi connectivity index (χ3v) is 6.07. The van der Waals surface area contributed by atoms with Crippen LogP contribution in [0.5, 0.6) is 0 Å². The summed E-state index contributed by atoms with van der Waals surface area (Å²) in [6.07, 6.45) is 1.25. The zero-order chi connectivity index (χ0) is 21.5. The predicted molar refractivity (Wildman–Crippen MR) is 125 cm³/mol. The molecule has 0 radical (unpaired) electrons. The quantitative estimate of drug-likeness (QED) is 0.318. The Bertz CT molecular complexity index is 992. The highest BCUT2D eigenvalue weighted by atomic mass is 35.5. The van der Waals surface area contributed by atoms with E-state index in [1.807, 2.05) is 47.0 Å². The highest BCUT2D eigenvalue weighted by Crippen LogP contribution is 2.31. The molecule has 0 atom stereocenters. The largest absolute Gasteiger partial charge is 0.356 e. The van der Waals surface area contributed by atoms with Crippen LogP contribution in [0.25, 0.3) is 17.1 Å². The summed E-state index contributed by atoms with van der Waals surface area (Å²) in [5, 5.41) is 13.5. The van der Waals surface area contributed by atoms with Crippen LogP contribution in [0.15, 0.2) is 53.7 Å². The molecule has 0 unspecified atom stereocenters. The Balaban J connectivity index is 1.77. The number of benzene rings is 2. The van der Waals surface area contributed by atoms with Crippen molar-refractivity contribution < 1.29 is 4.79 Å². The fourth-order valence-electron chi connectivity index (χ4n) is 2.80. The molecular formula is C22H24Cl2N4OS. The van der Waals surface area contributed by atoms with Gasteiger partial charge in [-0.15, -0.1) is 10.2 Å². The number of hydrogen-bond acceptors (Lipinski definition) is 4. The van der Waals surface area contributed by atoms with Crippen LogP contribution < -0.4 is 5.32 Å². The zero-order valence-electron chi connectivity index (χ0n) is 16.9. The fourth-order valence-corrected chi connectivity index (χ4v) is 3.98. The van der Waals surface area contributed by atoms with E-state index in [0.29, 0.717) is 28.9 Å². The first-order chi connectivity index (χ1) is 14.5. The Hall–Kier alpha value is -2.02. The molecule has 30 heavy (non-hydrogen) atoms. The number of aromatic nitrogens is 3. The standard InChI is InChI=1S/C22H24Cl2N4OS/c1-15(2)14-25-20(29)9-6-12-30-22-27-26-21(16-7-4-3-5-8-16)28(22)17-10-11-18(23)19(24)13-17/h3-5,7-8,10-11,13,15H,6,9,12,14H2,1-2H3,(H,25,29). The molecule has 0 fully saturated rings. The van der Waals surface area contributed by atoms with Crippen molar-refractivity contribution in [2.24, 2.45) is 5.92 Å². The second-order valence-electron chi connectivity index (χ2n) is 7.26. The van der Waals surface area contributed by atoms with Gasteiger partial charge in [0.1, 0.15) is 0 Å². The van der Waals surface area contributed by atoms with Crippen LogP contribution in [-0.2, 0) is 4.79 Å². The van der Waals surface area contributed by atoms with Crippen LogP contribution in [0.3, 0.4) is 0 Å². The minimum atomic E-state index is 0.0835. The van der Waals surface area contributed by atoms with Crippen molar-refractivity contribution in [1.29, 1.82) is 0 Å². The second-order valence-corrected chi connectivity index (χ2v) is 9.13. The summed E-state index contributed by atoms with van der Waals surface area (Å²) in [5.41, 5.74) is 1.79. The van der Waals surface area contributed by atoms with Gasteiger partial charge in [0.05, 0.1) is 15.7 Å². The molecule has 5 nitrogen and oxygen atoms in total. The van der Waals surface area contributed by atoms with Gasteiger partial charge in [0.25, 0.3) is 0 Å². The van der Waals surface area contributed by atoms with E-state index in [4.69, 9.17) is 23.2 Å². The Labute approximate surface area is 191 Å². The highest BCUT2D eigenvalue weighted by molar-refractivity contribution is 7.99. The molecule has 0 aliphatic heterocycles. The summed E-state index contributed by atoms with van der Waals surface area (Å²) in [6, 6.07) is 15.3. The predicted octanol–water partition coefficient (Wildman–Crippen LogP) is 5.89. The molecule has 8 heteroatoms. The molecule has 1 amide bonds. The maximum atomic E-state index is 11.9. The van der Waals surface area contributed by atoms with Gasteiger partial charge >= 0.3 is 0 Å². The molecule has 0 bridgehead atoms. The Morgan fingerprint density at radius 2 is 1.87 bits per heavy atom. The van der Waals surface area contributed by atoms with E-state index in [0.717, 1.165) is 34.4 Å². The van der Waals surface area contributed by atoms with Crippen LogP contribution in [-0.4, -0.2) is 33.0 Å². The topological polar surface area (TPSA) is 59.8 Å². The summed E-state index contributed by atoms with van der Waals surface area (Å²) < 4.78 is 1.97. The van der Waals surface area contributed by atoms with Crippen LogP contribution in [0.1, 0.15) is 26.7 Å². The van der Waals surface area contributed by atoms with Crippen LogP contribution in [0, 0.1) is 5.92 Å². The molecule has 0 spiro atoms. The fraction of sp³-hybridized carbons (Fsp3) is 0.318. The van der Waals surface area contributed by atoms with E-state index in [1.165, 1.54) is 0 Å². The van der Waals surface area contributed by atoms with E-state index in [1.54, 1.807) is 17.8 Å². The number of hydrogen-bond donors (Lipinski definition) is 1. The van der Waals surface area contributed by atoms with Gasteiger partial charge in [-0.25, -0.2) is 0 Å². The normalized spacial score (nSPS) is 11.1. The van der Waals surface area contributed by atoms with Crippen molar-refractivity contribution in [3.63, 3.8) is 0 Å². The third-order valence-electron chi connectivity index (χ3n) is 4.31. The van der Waals surface area contributed by atoms with E-state index >= 15 is 0 Å². The summed E-state index contributed by atoms with van der Waals surface area (Å²) in [4.78, 5) is 11.9. The second kappa shape index (κ2) is 10.8. The average Bonchev–Trinajstić information content (AvgIpc) is 3.16. The number of rotatable bonds is 9. The lowest BCUT2D eigenvalue weighted by molar-refractivity contribution is -0.121. The molecular weight excluding hydrogens is 439 g/mol. The molecule has 0 aliphatic carbocycles. The van der Waals surface area contributed by atoms with Gasteiger partial charge in [0, 0.05) is 24.3 Å². The first-order valence-electron chi connectivity index (χ1n) is 9.81. The molecule has 1 aromatic heterocycles. The number of nitrogens with zero attached hydrogens (tertiary/aromatic N) is 3. The van der Waals surface area contributed by atoms with Gasteiger partial charge in [0.15, 0.2) is 11.0 Å². The molecule has 3 rings (SSSR count). The van der Waals surface area contributed by atoms with Crippen LogP contribution in [0.4, 0.5) is 0 Å². The molecule has 1 N–H and O–H groups in total. The van der Waals surface area contributed by atoms with Crippen molar-refractivity contribution >= 4 is 40.9 Å². The first kappa shape index (κ1) is 22.7. The minimum Gasteiger partial charge on any atom is -0.356 e. The van der Waals surface area contributed by atoms with E-state index in [2.05, 4.69) is 29.4 Å². The number of halogens is 2. The first-order valence-corrected chi connectivity index (χ1v) is 11.6. The lowest BCUT2D eigenvalue weighted by Crippen LogP contribution is -2.27. The SMILES string of the molecule is CC(C)CNC(=O)CCCSc1nnc(-c2ccccc2)n1-c1ccc(Cl)c(Cl)c1. The van der Waals surface area contributed by atoms with Gasteiger partial charge in [-0.3, -0.25) is 9.36 Å². The number of thioether (sulfide) groups is 1. The van der Waals surface area contributed by atoms with Gasteiger partial charge < -0.3 is 5.32 Å². The monoisotopic (exact) mass is 462 g/mol. The summed E-state index contributed by atoms with van der Waals surface area (Å²) in [5.74, 6) is 2.01. The van der Waals surface area contributed by atoms with Gasteiger partial charge in [-0.05, 0) is 30.5 Å².